The third-order valence-electron chi connectivity index (χ3n) is 7.40. The van der Waals surface area contributed by atoms with Gasteiger partial charge in [0, 0.05) is 25.6 Å². The van der Waals surface area contributed by atoms with Gasteiger partial charge < -0.3 is 30.2 Å². The fourth-order valence-corrected chi connectivity index (χ4v) is 6.67. The predicted octanol–water partition coefficient (Wildman–Crippen LogP) is 6.57. The number of hydrogen-bond acceptors (Lipinski definition) is 12. The number of allylic oxidation sites excluding steroid dienone is 2. The zero-order valence-electron chi connectivity index (χ0n) is 33.3. The highest BCUT2D eigenvalue weighted by Gasteiger charge is 2.30. The van der Waals surface area contributed by atoms with Crippen molar-refractivity contribution in [3.05, 3.63) is 75.9 Å². The molecule has 2 rings (SSSR count). The SMILES string of the molecule is CC=C(NC(=O)c1csc(CNC(=O)OC(C)(C)C)n1)C(=O)N[C@H](C(=O)O[C@H](C=CCCSC(=O)Cc1ccccc1)CC(=O)OCC[Si](C)(C)C)C(C)C. The Morgan fingerprint density at radius 3 is 2.35 bits per heavy atom. The van der Waals surface area contributed by atoms with Gasteiger partial charge in [0.1, 0.15) is 34.1 Å². The van der Waals surface area contributed by atoms with E-state index < -0.39 is 61.6 Å². The van der Waals surface area contributed by atoms with E-state index in [0.717, 1.165) is 22.9 Å². The van der Waals surface area contributed by atoms with Crippen LogP contribution in [0.3, 0.4) is 0 Å². The number of carbonyl (C=O) groups excluding carboxylic acids is 6. The smallest absolute Gasteiger partial charge is 0.408 e. The van der Waals surface area contributed by atoms with Crippen molar-refractivity contribution in [1.29, 1.82) is 0 Å². The minimum Gasteiger partial charge on any atom is -0.466 e. The number of hydrogen-bond donors (Lipinski definition) is 3. The number of thiazole rings is 1. The Bertz CT molecular complexity index is 1660. The molecule has 2 aromatic rings. The molecule has 3 amide bonds. The first kappa shape index (κ1) is 46.9. The number of carbonyl (C=O) groups is 6. The number of thioether (sulfide) groups is 1. The van der Waals surface area contributed by atoms with E-state index in [9.17, 15) is 28.8 Å². The highest BCUT2D eigenvalue weighted by Crippen LogP contribution is 2.16. The third-order valence-corrected chi connectivity index (χ3v) is 10.9. The van der Waals surface area contributed by atoms with E-state index in [0.29, 0.717) is 23.6 Å². The normalized spacial score (nSPS) is 13.2. The molecule has 0 spiro atoms. The van der Waals surface area contributed by atoms with E-state index in [1.165, 1.54) is 23.2 Å². The van der Waals surface area contributed by atoms with Crippen molar-refractivity contribution < 1.29 is 43.0 Å². The van der Waals surface area contributed by atoms with Crippen LogP contribution in [0.2, 0.25) is 25.7 Å². The zero-order chi connectivity index (χ0) is 41.2. The molecule has 0 radical (unpaired) electrons. The molecule has 0 aliphatic rings. The maximum atomic E-state index is 13.5. The van der Waals surface area contributed by atoms with Crippen molar-refractivity contribution in [3.63, 3.8) is 0 Å². The Hall–Kier alpha value is -4.28. The first-order chi connectivity index (χ1) is 25.8. The van der Waals surface area contributed by atoms with Crippen molar-refractivity contribution in [2.45, 2.75) is 111 Å². The van der Waals surface area contributed by atoms with Crippen LogP contribution in [0.25, 0.3) is 0 Å². The minimum atomic E-state index is -1.45. The Morgan fingerprint density at radius 2 is 1.73 bits per heavy atom. The minimum absolute atomic E-state index is 0.0308. The quantitative estimate of drug-likeness (QED) is 0.0329. The lowest BCUT2D eigenvalue weighted by Crippen LogP contribution is -2.48. The summed E-state index contributed by atoms with van der Waals surface area (Å²) in [5.41, 5.74) is 0.179. The lowest BCUT2D eigenvalue weighted by molar-refractivity contribution is -0.156. The summed E-state index contributed by atoms with van der Waals surface area (Å²) in [7, 11) is -1.45. The van der Waals surface area contributed by atoms with Crippen molar-refractivity contribution in [2.24, 2.45) is 5.92 Å². The van der Waals surface area contributed by atoms with Crippen LogP contribution in [0.4, 0.5) is 4.79 Å². The molecule has 0 aliphatic carbocycles. The van der Waals surface area contributed by atoms with Crippen molar-refractivity contribution in [3.8, 4) is 0 Å². The average molecular weight is 817 g/mol. The number of rotatable bonds is 20. The number of alkyl carbamates (subject to hydrolysis) is 1. The lowest BCUT2D eigenvalue weighted by atomic mass is 10.0. The number of esters is 2. The second-order valence-electron chi connectivity index (χ2n) is 15.1. The summed E-state index contributed by atoms with van der Waals surface area (Å²) < 4.78 is 16.4. The van der Waals surface area contributed by atoms with E-state index in [-0.39, 0.29) is 36.1 Å². The maximum absolute atomic E-state index is 13.5. The summed E-state index contributed by atoms with van der Waals surface area (Å²) in [6.07, 6.45) is 3.70. The van der Waals surface area contributed by atoms with Crippen LogP contribution in [-0.2, 0) is 46.4 Å². The standard InChI is InChI=1S/C39H56N4O9S2Si/c1-10-29(42-36(47)30-25-54-31(41-30)24-40-38(49)52-39(4,5)6)35(46)43-34(26(2)3)37(48)51-28(23-32(44)50-19-21-55(7,8)9)18-14-15-20-53-33(45)22-27-16-12-11-13-17-27/h10-14,16-18,25-26,28,34H,15,19-24H2,1-9H3,(H,40,49)(H,42,47)(H,43,46)/t28-,34+/m1/s1. The second-order valence-corrected chi connectivity index (χ2v) is 22.9. The van der Waals surface area contributed by atoms with Crippen molar-refractivity contribution >= 4 is 66.1 Å². The Kier molecular flexibility index (Phi) is 19.6. The van der Waals surface area contributed by atoms with Crippen LogP contribution >= 0.6 is 23.1 Å². The number of benzene rings is 1. The fourth-order valence-electron chi connectivity index (χ4n) is 4.49. The average Bonchev–Trinajstić information content (AvgIpc) is 3.56. The van der Waals surface area contributed by atoms with Gasteiger partial charge in [-0.3, -0.25) is 19.2 Å². The molecule has 302 valence electrons. The molecule has 0 saturated heterocycles. The highest BCUT2D eigenvalue weighted by atomic mass is 32.2. The topological polar surface area (TPSA) is 179 Å². The first-order valence-electron chi connectivity index (χ1n) is 18.2. The van der Waals surface area contributed by atoms with E-state index in [1.54, 1.807) is 53.7 Å². The molecule has 55 heavy (non-hydrogen) atoms. The molecule has 0 saturated carbocycles. The van der Waals surface area contributed by atoms with Gasteiger partial charge in [-0.15, -0.1) is 11.3 Å². The summed E-state index contributed by atoms with van der Waals surface area (Å²) >= 11 is 2.35. The number of nitrogens with zero attached hydrogens (tertiary/aromatic N) is 1. The molecule has 0 bridgehead atoms. The number of nitrogens with one attached hydrogen (secondary N) is 3. The molecular formula is C39H56N4O9S2Si. The Labute approximate surface area is 333 Å². The molecule has 0 aliphatic heterocycles. The molecule has 1 aromatic carbocycles. The molecule has 2 atom stereocenters. The van der Waals surface area contributed by atoms with E-state index in [2.05, 4.69) is 40.6 Å². The number of aromatic nitrogens is 1. The van der Waals surface area contributed by atoms with Crippen LogP contribution in [-0.4, -0.2) is 78.1 Å². The molecule has 1 heterocycles. The van der Waals surface area contributed by atoms with Crippen molar-refractivity contribution in [2.75, 3.05) is 12.4 Å². The summed E-state index contributed by atoms with van der Waals surface area (Å²) in [5, 5.41) is 9.73. The van der Waals surface area contributed by atoms with Crippen molar-refractivity contribution in [1.82, 2.24) is 20.9 Å². The van der Waals surface area contributed by atoms with Crippen LogP contribution in [0.15, 0.2) is 59.6 Å². The lowest BCUT2D eigenvalue weighted by Gasteiger charge is -2.24. The molecule has 1 aromatic heterocycles. The van der Waals surface area contributed by atoms with E-state index in [4.69, 9.17) is 14.2 Å². The van der Waals surface area contributed by atoms with Gasteiger partial charge in [-0.1, -0.05) is 87.7 Å². The van der Waals surface area contributed by atoms with Gasteiger partial charge in [0.25, 0.3) is 11.8 Å². The summed E-state index contributed by atoms with van der Waals surface area (Å²) in [6, 6.07) is 9.12. The number of amides is 3. The number of ether oxygens (including phenoxy) is 3. The monoisotopic (exact) mass is 816 g/mol. The summed E-state index contributed by atoms with van der Waals surface area (Å²) in [4.78, 5) is 81.3. The van der Waals surface area contributed by atoms with E-state index >= 15 is 0 Å². The van der Waals surface area contributed by atoms with Gasteiger partial charge in [0.15, 0.2) is 5.12 Å². The van der Waals surface area contributed by atoms with Crippen LogP contribution in [0.1, 0.15) is 75.4 Å². The largest absolute Gasteiger partial charge is 0.466 e. The predicted molar refractivity (Wildman–Crippen MR) is 218 cm³/mol. The molecular weight excluding hydrogens is 761 g/mol. The summed E-state index contributed by atoms with van der Waals surface area (Å²) in [6.45, 7) is 17.1. The molecule has 0 fully saturated rings. The van der Waals surface area contributed by atoms with Gasteiger partial charge in [-0.05, 0) is 57.7 Å². The Balaban J connectivity index is 2.05. The van der Waals surface area contributed by atoms with Gasteiger partial charge in [-0.25, -0.2) is 14.6 Å². The van der Waals surface area contributed by atoms with Gasteiger partial charge >= 0.3 is 18.0 Å². The van der Waals surface area contributed by atoms with Crippen LogP contribution in [0, 0.1) is 5.92 Å². The molecule has 16 heteroatoms. The first-order valence-corrected chi connectivity index (χ1v) is 23.8. The molecule has 0 unspecified atom stereocenters. The third kappa shape index (κ3) is 19.7. The zero-order valence-corrected chi connectivity index (χ0v) is 35.9. The van der Waals surface area contributed by atoms with Gasteiger partial charge in [-0.2, -0.15) is 0 Å². The fraction of sp³-hybridized carbons (Fsp3) is 0.513. The van der Waals surface area contributed by atoms with E-state index in [1.807, 2.05) is 30.3 Å². The highest BCUT2D eigenvalue weighted by molar-refractivity contribution is 8.13. The van der Waals surface area contributed by atoms with Crippen LogP contribution in [0.5, 0.6) is 0 Å². The van der Waals surface area contributed by atoms with Gasteiger partial charge in [0.05, 0.1) is 19.6 Å². The van der Waals surface area contributed by atoms with Gasteiger partial charge in [0.2, 0.25) is 0 Å². The molecule has 13 nitrogen and oxygen atoms in total. The molecule has 3 N–H and O–H groups in total. The summed E-state index contributed by atoms with van der Waals surface area (Å²) in [5.74, 6) is -2.62. The Morgan fingerprint density at radius 1 is 1.04 bits per heavy atom. The second kappa shape index (κ2) is 22.9. The van der Waals surface area contributed by atoms with Crippen LogP contribution < -0.4 is 16.0 Å². The maximum Gasteiger partial charge on any atom is 0.408 e.